The molecule has 1 aliphatic carbocycles. The van der Waals surface area contributed by atoms with E-state index in [-0.39, 0.29) is 28.3 Å². The summed E-state index contributed by atoms with van der Waals surface area (Å²) in [5.74, 6) is -1.59. The maximum absolute atomic E-state index is 15.3. The molecule has 12 nitrogen and oxygen atoms in total. The van der Waals surface area contributed by atoms with Crippen molar-refractivity contribution in [1.82, 2.24) is 14.5 Å². The second-order valence-corrected chi connectivity index (χ2v) is 14.0. The van der Waals surface area contributed by atoms with Gasteiger partial charge in [0.2, 0.25) is 10.0 Å². The lowest BCUT2D eigenvalue weighted by Crippen LogP contribution is -2.49. The van der Waals surface area contributed by atoms with E-state index in [0.717, 1.165) is 12.1 Å². The number of hydrogen-bond donors (Lipinski definition) is 2. The number of benzene rings is 1. The standard InChI is InChI=1S/C22H28F3N5O7S2/c1-12-18(11-29(28-12)20(24)25)39(34,35)30-10-14(9-26-38(32,33)15-5-6-15)36-19-16(23)7-13(8-17(19)30)27-21(31)37-22(2,3)4/h7-8,11,14-15,20,26H,5-6,9-10H2,1-4H3,(H,27,31)/t14-/m0/s1. The minimum absolute atomic E-state index is 0.169. The first-order chi connectivity index (χ1) is 18.0. The maximum Gasteiger partial charge on any atom is 0.412 e. The number of alkyl halides is 2. The van der Waals surface area contributed by atoms with Gasteiger partial charge in [-0.05, 0) is 46.6 Å². The summed E-state index contributed by atoms with van der Waals surface area (Å²) < 4.78 is 108. The van der Waals surface area contributed by atoms with Crippen LogP contribution in [0.3, 0.4) is 0 Å². The van der Waals surface area contributed by atoms with E-state index in [9.17, 15) is 30.4 Å². The molecule has 0 unspecified atom stereocenters. The van der Waals surface area contributed by atoms with Crippen LogP contribution in [0.1, 0.15) is 45.9 Å². The molecular formula is C22H28F3N5O7S2. The highest BCUT2D eigenvalue weighted by Crippen LogP contribution is 2.41. The summed E-state index contributed by atoms with van der Waals surface area (Å²) in [6.07, 6.45) is -0.492. The minimum Gasteiger partial charge on any atom is -0.482 e. The zero-order valence-corrected chi connectivity index (χ0v) is 23.1. The summed E-state index contributed by atoms with van der Waals surface area (Å²) in [4.78, 5) is 11.7. The van der Waals surface area contributed by atoms with Crippen LogP contribution in [0.15, 0.2) is 23.2 Å². The SMILES string of the molecule is Cc1nn(C(F)F)cc1S(=O)(=O)N1C[C@H](CNS(=O)(=O)C2CC2)Oc2c(F)cc(NC(=O)OC(C)(C)C)cc21. The molecule has 1 aromatic carbocycles. The smallest absolute Gasteiger partial charge is 0.412 e. The van der Waals surface area contributed by atoms with Crippen molar-refractivity contribution in [2.24, 2.45) is 0 Å². The van der Waals surface area contributed by atoms with Gasteiger partial charge in [-0.1, -0.05) is 0 Å². The number of rotatable bonds is 8. The first-order valence-corrected chi connectivity index (χ1v) is 14.8. The van der Waals surface area contributed by atoms with Gasteiger partial charge in [-0.25, -0.2) is 35.4 Å². The fourth-order valence-corrected chi connectivity index (χ4v) is 6.90. The number of ether oxygens (including phenoxy) is 2. The van der Waals surface area contributed by atoms with Crippen LogP contribution in [0, 0.1) is 12.7 Å². The van der Waals surface area contributed by atoms with Crippen molar-refractivity contribution in [3.63, 3.8) is 0 Å². The van der Waals surface area contributed by atoms with Crippen molar-refractivity contribution in [2.75, 3.05) is 22.7 Å². The van der Waals surface area contributed by atoms with E-state index in [2.05, 4.69) is 15.1 Å². The number of halogens is 3. The number of carbonyl (C=O) groups excluding carboxylic acids is 1. The summed E-state index contributed by atoms with van der Waals surface area (Å²) in [6, 6.07) is 2.00. The van der Waals surface area contributed by atoms with Crippen LogP contribution in [-0.4, -0.2) is 62.8 Å². The second kappa shape index (κ2) is 10.2. The van der Waals surface area contributed by atoms with E-state index >= 15 is 4.39 Å². The first-order valence-electron chi connectivity index (χ1n) is 11.8. The molecule has 39 heavy (non-hydrogen) atoms. The number of fused-ring (bicyclic) bond motifs is 1. The van der Waals surface area contributed by atoms with Crippen LogP contribution in [0.4, 0.5) is 29.3 Å². The van der Waals surface area contributed by atoms with Gasteiger partial charge >= 0.3 is 12.6 Å². The van der Waals surface area contributed by atoms with Gasteiger partial charge in [0.05, 0.1) is 29.4 Å². The van der Waals surface area contributed by atoms with Crippen molar-refractivity contribution < 1.29 is 44.3 Å². The summed E-state index contributed by atoms with van der Waals surface area (Å²) in [5.41, 5.74) is -1.62. The number of aromatic nitrogens is 2. The minimum atomic E-state index is -4.65. The van der Waals surface area contributed by atoms with E-state index in [4.69, 9.17) is 9.47 Å². The fourth-order valence-electron chi connectivity index (χ4n) is 3.84. The second-order valence-electron chi connectivity index (χ2n) is 10.1. The van der Waals surface area contributed by atoms with Crippen LogP contribution in [0.25, 0.3) is 0 Å². The highest BCUT2D eigenvalue weighted by molar-refractivity contribution is 7.93. The molecule has 2 heterocycles. The highest BCUT2D eigenvalue weighted by atomic mass is 32.2. The summed E-state index contributed by atoms with van der Waals surface area (Å²) in [7, 11) is -8.33. The quantitative estimate of drug-likeness (QED) is 0.473. The number of anilines is 2. The van der Waals surface area contributed by atoms with Gasteiger partial charge in [0, 0.05) is 18.3 Å². The Labute approximate surface area is 223 Å². The lowest BCUT2D eigenvalue weighted by atomic mass is 10.2. The van der Waals surface area contributed by atoms with Crippen molar-refractivity contribution >= 4 is 37.5 Å². The van der Waals surface area contributed by atoms with Crippen LogP contribution in [0.2, 0.25) is 0 Å². The Morgan fingerprint density at radius 3 is 2.46 bits per heavy atom. The first kappa shape index (κ1) is 28.9. The predicted molar refractivity (Wildman–Crippen MR) is 133 cm³/mol. The van der Waals surface area contributed by atoms with E-state index in [1.165, 1.54) is 6.92 Å². The van der Waals surface area contributed by atoms with E-state index in [0.29, 0.717) is 23.3 Å². The number of amides is 1. The summed E-state index contributed by atoms with van der Waals surface area (Å²) in [5, 5.41) is 5.30. The molecule has 1 saturated carbocycles. The van der Waals surface area contributed by atoms with Crippen LogP contribution >= 0.6 is 0 Å². The number of nitrogens with zero attached hydrogens (tertiary/aromatic N) is 3. The molecule has 0 saturated heterocycles. The molecule has 2 aliphatic rings. The van der Waals surface area contributed by atoms with Crippen molar-refractivity contribution in [2.45, 2.75) is 68.9 Å². The Hall–Kier alpha value is -3.05. The normalized spacial score (nSPS) is 18.1. The van der Waals surface area contributed by atoms with Gasteiger partial charge in [-0.3, -0.25) is 9.62 Å². The van der Waals surface area contributed by atoms with Gasteiger partial charge in [0.15, 0.2) is 11.6 Å². The van der Waals surface area contributed by atoms with Gasteiger partial charge in [-0.15, -0.1) is 0 Å². The van der Waals surface area contributed by atoms with Gasteiger partial charge < -0.3 is 9.47 Å². The zero-order chi connectivity index (χ0) is 28.9. The van der Waals surface area contributed by atoms with E-state index in [1.54, 1.807) is 20.8 Å². The Morgan fingerprint density at radius 2 is 1.90 bits per heavy atom. The van der Waals surface area contributed by atoms with Gasteiger partial charge in [0.1, 0.15) is 16.6 Å². The van der Waals surface area contributed by atoms with E-state index in [1.807, 2.05) is 0 Å². The highest BCUT2D eigenvalue weighted by Gasteiger charge is 2.40. The summed E-state index contributed by atoms with van der Waals surface area (Å²) in [6.45, 7) is 2.06. The van der Waals surface area contributed by atoms with Crippen LogP contribution in [-0.2, 0) is 24.8 Å². The lowest BCUT2D eigenvalue weighted by Gasteiger charge is -2.35. The zero-order valence-electron chi connectivity index (χ0n) is 21.4. The maximum atomic E-state index is 15.3. The molecule has 17 heteroatoms. The van der Waals surface area contributed by atoms with Gasteiger partial charge in [-0.2, -0.15) is 13.9 Å². The number of aryl methyl sites for hydroxylation is 1. The largest absolute Gasteiger partial charge is 0.482 e. The Bertz CT molecular complexity index is 1490. The molecule has 4 rings (SSSR count). The molecule has 0 radical (unpaired) electrons. The third-order valence-electron chi connectivity index (χ3n) is 5.71. The molecule has 2 N–H and O–H groups in total. The number of carbonyl (C=O) groups is 1. The molecular weight excluding hydrogens is 567 g/mol. The van der Waals surface area contributed by atoms with Crippen molar-refractivity contribution in [1.29, 1.82) is 0 Å². The number of sulfonamides is 2. The van der Waals surface area contributed by atoms with Crippen LogP contribution < -0.4 is 19.1 Å². The average Bonchev–Trinajstić information content (AvgIpc) is 3.58. The Kier molecular flexibility index (Phi) is 7.54. The Balaban J connectivity index is 1.73. The molecule has 1 aliphatic heterocycles. The fraction of sp³-hybridized carbons (Fsp3) is 0.545. The molecule has 1 aromatic heterocycles. The molecule has 1 atom stereocenters. The lowest BCUT2D eigenvalue weighted by molar-refractivity contribution is 0.0560. The molecule has 1 fully saturated rings. The summed E-state index contributed by atoms with van der Waals surface area (Å²) >= 11 is 0. The van der Waals surface area contributed by atoms with E-state index < -0.39 is 72.7 Å². The molecule has 216 valence electrons. The molecule has 0 bridgehead atoms. The molecule has 1 amide bonds. The van der Waals surface area contributed by atoms with Gasteiger partial charge in [0.25, 0.3) is 10.0 Å². The topological polar surface area (TPSA) is 149 Å². The van der Waals surface area contributed by atoms with Crippen molar-refractivity contribution in [3.8, 4) is 5.75 Å². The number of hydrogen-bond acceptors (Lipinski definition) is 8. The predicted octanol–water partition coefficient (Wildman–Crippen LogP) is 3.11. The third-order valence-corrected chi connectivity index (χ3v) is 9.51. The third kappa shape index (κ3) is 6.41. The molecule has 2 aromatic rings. The van der Waals surface area contributed by atoms with Crippen molar-refractivity contribution in [3.05, 3.63) is 29.8 Å². The average molecular weight is 596 g/mol. The Morgan fingerprint density at radius 1 is 1.23 bits per heavy atom. The number of nitrogens with one attached hydrogen (secondary N) is 2. The monoisotopic (exact) mass is 595 g/mol. The molecule has 0 spiro atoms. The van der Waals surface area contributed by atoms with Crippen LogP contribution in [0.5, 0.6) is 5.75 Å².